The molecule has 0 N–H and O–H groups in total. The van der Waals surface area contributed by atoms with Crippen LogP contribution in [0.25, 0.3) is 0 Å². The van der Waals surface area contributed by atoms with Crippen LogP contribution in [0.15, 0.2) is 24.4 Å². The highest BCUT2D eigenvalue weighted by Gasteiger charge is 2.70. The lowest BCUT2D eigenvalue weighted by Gasteiger charge is -2.45. The zero-order chi connectivity index (χ0) is 14.0. The van der Waals surface area contributed by atoms with Crippen molar-refractivity contribution in [2.45, 2.75) is 52.6 Å². The molecule has 3 rings (SSSR count). The Labute approximate surface area is 117 Å². The summed E-state index contributed by atoms with van der Waals surface area (Å²) >= 11 is 0. The lowest BCUT2D eigenvalue weighted by Crippen LogP contribution is -2.58. The van der Waals surface area contributed by atoms with E-state index in [2.05, 4.69) is 75.5 Å². The minimum absolute atomic E-state index is 0.298. The molecule has 1 saturated carbocycles. The summed E-state index contributed by atoms with van der Waals surface area (Å²) in [4.78, 5) is 2.69. The molecule has 0 spiro atoms. The predicted octanol–water partition coefficient (Wildman–Crippen LogP) is 3.16. The van der Waals surface area contributed by atoms with Gasteiger partial charge in [-0.1, -0.05) is 26.8 Å². The first kappa shape index (κ1) is 13.0. The molecule has 2 nitrogen and oxygen atoms in total. The van der Waals surface area contributed by atoms with Crippen LogP contribution in [0.3, 0.4) is 0 Å². The van der Waals surface area contributed by atoms with E-state index in [1.54, 1.807) is 0 Å². The fourth-order valence-electron chi connectivity index (χ4n) is 5.00. The van der Waals surface area contributed by atoms with Crippen molar-refractivity contribution < 1.29 is 4.57 Å². The number of pyridine rings is 1. The van der Waals surface area contributed by atoms with Crippen LogP contribution < -0.4 is 9.47 Å². The van der Waals surface area contributed by atoms with E-state index in [0.29, 0.717) is 17.0 Å². The maximum Gasteiger partial charge on any atom is 0.276 e. The Bertz CT molecular complexity index is 512. The summed E-state index contributed by atoms with van der Waals surface area (Å²) in [6.07, 6.45) is 3.48. The summed E-state index contributed by atoms with van der Waals surface area (Å²) in [5, 5.41) is 0. The Morgan fingerprint density at radius 3 is 2.42 bits per heavy atom. The number of anilines is 1. The molecule has 1 aliphatic carbocycles. The van der Waals surface area contributed by atoms with E-state index in [0.717, 1.165) is 11.8 Å². The number of rotatable bonds is 1. The largest absolute Gasteiger partial charge is 0.276 e. The van der Waals surface area contributed by atoms with Crippen LogP contribution in [0.1, 0.15) is 41.0 Å². The van der Waals surface area contributed by atoms with Crippen LogP contribution >= 0.6 is 0 Å². The lowest BCUT2D eigenvalue weighted by atomic mass is 9.71. The van der Waals surface area contributed by atoms with Crippen LogP contribution in [0, 0.1) is 17.3 Å². The van der Waals surface area contributed by atoms with Crippen LogP contribution in [-0.4, -0.2) is 11.6 Å². The van der Waals surface area contributed by atoms with Gasteiger partial charge in [0.1, 0.15) is 5.54 Å². The van der Waals surface area contributed by atoms with Gasteiger partial charge >= 0.3 is 0 Å². The summed E-state index contributed by atoms with van der Waals surface area (Å²) in [6.45, 7) is 12.3. The van der Waals surface area contributed by atoms with Crippen LogP contribution in [0.2, 0.25) is 0 Å². The van der Waals surface area contributed by atoms with Gasteiger partial charge in [0.15, 0.2) is 0 Å². The van der Waals surface area contributed by atoms with Crippen molar-refractivity contribution in [2.24, 2.45) is 24.3 Å². The summed E-state index contributed by atoms with van der Waals surface area (Å²) < 4.78 is 2.27. The molecule has 5 atom stereocenters. The van der Waals surface area contributed by atoms with E-state index in [1.807, 2.05) is 0 Å². The third kappa shape index (κ3) is 1.40. The molecule has 104 valence electrons. The average Bonchev–Trinajstić information content (AvgIpc) is 2.68. The molecule has 1 aromatic rings. The molecule has 1 aromatic heterocycles. The van der Waals surface area contributed by atoms with Gasteiger partial charge in [-0.3, -0.25) is 4.90 Å². The number of piperidine rings is 1. The van der Waals surface area contributed by atoms with Crippen molar-refractivity contribution in [3.8, 4) is 0 Å². The fourth-order valence-corrected chi connectivity index (χ4v) is 5.00. The number of fused-ring (bicyclic) bond motifs is 2. The zero-order valence-corrected chi connectivity index (χ0v) is 13.1. The Hall–Kier alpha value is -1.05. The van der Waals surface area contributed by atoms with Crippen molar-refractivity contribution in [1.82, 2.24) is 0 Å². The normalized spacial score (nSPS) is 44.9. The van der Waals surface area contributed by atoms with Gasteiger partial charge in [-0.2, -0.15) is 0 Å². The topological polar surface area (TPSA) is 7.12 Å². The summed E-state index contributed by atoms with van der Waals surface area (Å²) in [5.74, 6) is 2.91. The number of nitrogens with zero attached hydrogens (tertiary/aromatic N) is 2. The predicted molar refractivity (Wildman–Crippen MR) is 79.0 cm³/mol. The average molecular weight is 259 g/mol. The second-order valence-corrected chi connectivity index (χ2v) is 7.33. The van der Waals surface area contributed by atoms with Crippen molar-refractivity contribution in [2.75, 3.05) is 4.90 Å². The zero-order valence-electron chi connectivity index (χ0n) is 13.1. The van der Waals surface area contributed by atoms with Gasteiger partial charge in [0.05, 0.1) is 19.3 Å². The molecule has 2 bridgehead atoms. The van der Waals surface area contributed by atoms with Gasteiger partial charge in [0, 0.05) is 23.8 Å². The maximum absolute atomic E-state index is 2.69. The molecule has 1 saturated heterocycles. The highest BCUT2D eigenvalue weighted by atomic mass is 15.3. The Morgan fingerprint density at radius 1 is 1.16 bits per heavy atom. The van der Waals surface area contributed by atoms with E-state index >= 15 is 0 Å². The van der Waals surface area contributed by atoms with Gasteiger partial charge in [-0.15, -0.1) is 0 Å². The number of hydrogen-bond donors (Lipinski definition) is 0. The number of hydrogen-bond acceptors (Lipinski definition) is 1. The van der Waals surface area contributed by atoms with E-state index in [-0.39, 0.29) is 0 Å². The third-order valence-electron chi connectivity index (χ3n) is 6.68. The molecule has 0 radical (unpaired) electrons. The summed E-state index contributed by atoms with van der Waals surface area (Å²) in [7, 11) is 2.16. The molecule has 5 unspecified atom stereocenters. The first-order chi connectivity index (χ1) is 8.82. The van der Waals surface area contributed by atoms with E-state index in [9.17, 15) is 0 Å². The molecule has 1 aliphatic heterocycles. The Morgan fingerprint density at radius 2 is 1.84 bits per heavy atom. The summed E-state index contributed by atoms with van der Waals surface area (Å²) in [5.41, 5.74) is 0.740. The first-order valence-corrected chi connectivity index (χ1v) is 7.56. The van der Waals surface area contributed by atoms with Gasteiger partial charge in [-0.25, -0.2) is 4.57 Å². The second-order valence-electron chi connectivity index (χ2n) is 7.33. The second kappa shape index (κ2) is 3.74. The van der Waals surface area contributed by atoms with Crippen LogP contribution in [-0.2, 0) is 7.05 Å². The first-order valence-electron chi connectivity index (χ1n) is 7.56. The van der Waals surface area contributed by atoms with E-state index < -0.39 is 0 Å². The van der Waals surface area contributed by atoms with E-state index in [4.69, 9.17) is 0 Å². The smallest absolute Gasteiger partial charge is 0.253 e. The maximum atomic E-state index is 2.69. The minimum atomic E-state index is 0.298. The SMILES string of the molecule is CC1C(C)C2(C)CC1(C)C(C)N2c1cccc[n+]1C. The highest BCUT2D eigenvalue weighted by molar-refractivity contribution is 5.46. The molecule has 2 heteroatoms. The quantitative estimate of drug-likeness (QED) is 0.703. The number of aromatic nitrogens is 1. The summed E-state index contributed by atoms with van der Waals surface area (Å²) in [6, 6.07) is 7.15. The third-order valence-corrected chi connectivity index (χ3v) is 6.68. The van der Waals surface area contributed by atoms with Crippen molar-refractivity contribution >= 4 is 5.82 Å². The lowest BCUT2D eigenvalue weighted by molar-refractivity contribution is -0.659. The molecule has 2 aliphatic rings. The molecule has 0 aromatic carbocycles. The van der Waals surface area contributed by atoms with Gasteiger partial charge in [0.2, 0.25) is 0 Å². The Balaban J connectivity index is 2.12. The van der Waals surface area contributed by atoms with Crippen molar-refractivity contribution in [1.29, 1.82) is 0 Å². The van der Waals surface area contributed by atoms with Crippen molar-refractivity contribution in [3.63, 3.8) is 0 Å². The minimum Gasteiger partial charge on any atom is -0.253 e. The van der Waals surface area contributed by atoms with Gasteiger partial charge in [-0.05, 0) is 25.8 Å². The standard InChI is InChI=1S/C17H27N2/c1-12-13(2)17(5)11-16(12,4)14(3)19(17)15-9-7-8-10-18(15)6/h7-10,12-14H,11H2,1-6H3/q+1. The fraction of sp³-hybridized carbons (Fsp3) is 0.706. The monoisotopic (exact) mass is 259 g/mol. The van der Waals surface area contributed by atoms with E-state index in [1.165, 1.54) is 12.2 Å². The van der Waals surface area contributed by atoms with Crippen molar-refractivity contribution in [3.05, 3.63) is 24.4 Å². The molecular formula is C17H27N2+. The molecular weight excluding hydrogens is 232 g/mol. The highest BCUT2D eigenvalue weighted by Crippen LogP contribution is 2.63. The molecule has 19 heavy (non-hydrogen) atoms. The van der Waals surface area contributed by atoms with Gasteiger partial charge < -0.3 is 0 Å². The van der Waals surface area contributed by atoms with Crippen LogP contribution in [0.5, 0.6) is 0 Å². The molecule has 0 amide bonds. The molecule has 2 heterocycles. The number of aryl methyl sites for hydroxylation is 1. The van der Waals surface area contributed by atoms with Crippen LogP contribution in [0.4, 0.5) is 5.82 Å². The molecule has 2 fully saturated rings. The van der Waals surface area contributed by atoms with Gasteiger partial charge in [0.25, 0.3) is 5.82 Å². The Kier molecular flexibility index (Phi) is 2.55.